The summed E-state index contributed by atoms with van der Waals surface area (Å²) in [5, 5.41) is 3.59. The van der Waals surface area contributed by atoms with Crippen LogP contribution in [0.4, 0.5) is 0 Å². The van der Waals surface area contributed by atoms with Gasteiger partial charge in [-0.1, -0.05) is 6.07 Å². The van der Waals surface area contributed by atoms with Gasteiger partial charge in [-0.15, -0.1) is 0 Å². The third-order valence-corrected chi connectivity index (χ3v) is 6.37. The van der Waals surface area contributed by atoms with Gasteiger partial charge < -0.3 is 33.7 Å². The van der Waals surface area contributed by atoms with E-state index < -0.39 is 6.04 Å². The van der Waals surface area contributed by atoms with E-state index in [0.29, 0.717) is 30.3 Å². The standard InChI is InChI=1S/C26H31N3O6/c1-27-26(31)21-12-17-13-23(33-3)24(34-4)14-18(17)15-29(21)25(30)16-35-22-7-5-6-20-19(22)8-9-28(20)10-11-32-2/h5-9,13-14,21H,10-12,15-16H2,1-4H3,(H,27,31). The molecule has 3 aromatic rings. The highest BCUT2D eigenvalue weighted by Gasteiger charge is 2.35. The smallest absolute Gasteiger partial charge is 0.261 e. The van der Waals surface area contributed by atoms with E-state index in [1.807, 2.05) is 42.6 Å². The number of hydrogen-bond acceptors (Lipinski definition) is 6. The molecule has 35 heavy (non-hydrogen) atoms. The lowest BCUT2D eigenvalue weighted by Crippen LogP contribution is -2.53. The van der Waals surface area contributed by atoms with Crippen molar-refractivity contribution in [2.24, 2.45) is 0 Å². The molecule has 1 aliphatic heterocycles. The van der Waals surface area contributed by atoms with Crippen LogP contribution in [0.3, 0.4) is 0 Å². The van der Waals surface area contributed by atoms with Gasteiger partial charge in [0, 0.05) is 45.3 Å². The highest BCUT2D eigenvalue weighted by Crippen LogP contribution is 2.35. The molecule has 0 spiro atoms. The Hall–Kier alpha value is -3.72. The average molecular weight is 482 g/mol. The van der Waals surface area contributed by atoms with Gasteiger partial charge in [0.15, 0.2) is 18.1 Å². The number of hydrogen-bond donors (Lipinski definition) is 1. The first-order chi connectivity index (χ1) is 17.0. The Morgan fingerprint density at radius 2 is 1.77 bits per heavy atom. The van der Waals surface area contributed by atoms with Gasteiger partial charge in [-0.3, -0.25) is 9.59 Å². The summed E-state index contributed by atoms with van der Waals surface area (Å²) in [5.41, 5.74) is 2.86. The van der Waals surface area contributed by atoms with E-state index in [1.54, 1.807) is 33.3 Å². The normalized spacial score (nSPS) is 15.0. The summed E-state index contributed by atoms with van der Waals surface area (Å²) in [5.74, 6) is 1.30. The van der Waals surface area contributed by atoms with E-state index in [4.69, 9.17) is 18.9 Å². The second kappa shape index (κ2) is 10.7. The van der Waals surface area contributed by atoms with Crippen LogP contribution in [0, 0.1) is 0 Å². The second-order valence-electron chi connectivity index (χ2n) is 8.31. The van der Waals surface area contributed by atoms with Gasteiger partial charge in [-0.25, -0.2) is 0 Å². The van der Waals surface area contributed by atoms with Crippen LogP contribution < -0.4 is 19.5 Å². The molecule has 4 rings (SSSR count). The van der Waals surface area contributed by atoms with Gasteiger partial charge in [0.2, 0.25) is 5.91 Å². The molecule has 0 saturated carbocycles. The fourth-order valence-electron chi connectivity index (χ4n) is 4.50. The maximum Gasteiger partial charge on any atom is 0.261 e. The zero-order valence-corrected chi connectivity index (χ0v) is 20.5. The fraction of sp³-hybridized carbons (Fsp3) is 0.385. The summed E-state index contributed by atoms with van der Waals surface area (Å²) >= 11 is 0. The van der Waals surface area contributed by atoms with Crippen LogP contribution in [-0.2, 0) is 33.8 Å². The topological polar surface area (TPSA) is 91.3 Å². The molecule has 0 aliphatic carbocycles. The molecule has 2 amide bonds. The molecule has 0 saturated heterocycles. The van der Waals surface area contributed by atoms with Crippen LogP contribution in [0.25, 0.3) is 10.9 Å². The Morgan fingerprint density at radius 1 is 1.03 bits per heavy atom. The minimum Gasteiger partial charge on any atom is -0.493 e. The molecule has 1 atom stereocenters. The molecule has 1 aromatic heterocycles. The molecule has 2 aromatic carbocycles. The van der Waals surface area contributed by atoms with Crippen molar-refractivity contribution in [3.63, 3.8) is 0 Å². The third kappa shape index (κ3) is 4.90. The first kappa shape index (κ1) is 24.4. The summed E-state index contributed by atoms with van der Waals surface area (Å²) in [6.07, 6.45) is 2.35. The monoisotopic (exact) mass is 481 g/mol. The summed E-state index contributed by atoms with van der Waals surface area (Å²) < 4.78 is 24.1. The number of rotatable bonds is 9. The number of nitrogens with one attached hydrogen (secondary N) is 1. The first-order valence-electron chi connectivity index (χ1n) is 11.4. The van der Waals surface area contributed by atoms with Crippen LogP contribution in [-0.4, -0.2) is 68.9 Å². The van der Waals surface area contributed by atoms with Crippen molar-refractivity contribution in [3.05, 3.63) is 53.7 Å². The molecule has 9 nitrogen and oxygen atoms in total. The van der Waals surface area contributed by atoms with Crippen molar-refractivity contribution in [2.75, 3.05) is 41.6 Å². The van der Waals surface area contributed by atoms with Crippen LogP contribution in [0.15, 0.2) is 42.6 Å². The van der Waals surface area contributed by atoms with Gasteiger partial charge in [-0.05, 0) is 41.5 Å². The number of methoxy groups -OCH3 is 3. The number of amides is 2. The molecule has 0 radical (unpaired) electrons. The van der Waals surface area contributed by atoms with E-state index in [-0.39, 0.29) is 25.0 Å². The molecule has 1 N–H and O–H groups in total. The predicted octanol–water partition coefficient (Wildman–Crippen LogP) is 2.38. The largest absolute Gasteiger partial charge is 0.493 e. The minimum absolute atomic E-state index is 0.182. The quantitative estimate of drug-likeness (QED) is 0.505. The Balaban J connectivity index is 1.55. The average Bonchev–Trinajstić information content (AvgIpc) is 3.31. The molecular formula is C26H31N3O6. The number of fused-ring (bicyclic) bond motifs is 2. The first-order valence-corrected chi connectivity index (χ1v) is 11.4. The van der Waals surface area contributed by atoms with Crippen LogP contribution in [0.5, 0.6) is 17.2 Å². The van der Waals surface area contributed by atoms with Crippen molar-refractivity contribution in [3.8, 4) is 17.2 Å². The molecule has 0 fully saturated rings. The lowest BCUT2D eigenvalue weighted by Gasteiger charge is -2.36. The Morgan fingerprint density at radius 3 is 2.46 bits per heavy atom. The van der Waals surface area contributed by atoms with Crippen LogP contribution >= 0.6 is 0 Å². The lowest BCUT2D eigenvalue weighted by molar-refractivity contribution is -0.143. The van der Waals surface area contributed by atoms with E-state index in [0.717, 1.165) is 28.6 Å². The van der Waals surface area contributed by atoms with Crippen LogP contribution in [0.1, 0.15) is 11.1 Å². The molecule has 9 heteroatoms. The van der Waals surface area contributed by atoms with E-state index in [9.17, 15) is 9.59 Å². The third-order valence-electron chi connectivity index (χ3n) is 6.37. The van der Waals surface area contributed by atoms with E-state index in [2.05, 4.69) is 9.88 Å². The fourth-order valence-corrected chi connectivity index (χ4v) is 4.50. The number of carbonyl (C=O) groups excluding carboxylic acids is 2. The number of benzene rings is 2. The maximum absolute atomic E-state index is 13.3. The van der Waals surface area contributed by atoms with Gasteiger partial charge >= 0.3 is 0 Å². The molecule has 0 bridgehead atoms. The zero-order valence-electron chi connectivity index (χ0n) is 20.5. The number of carbonyl (C=O) groups is 2. The molecule has 1 aliphatic rings. The van der Waals surface area contributed by atoms with Crippen molar-refractivity contribution in [1.82, 2.24) is 14.8 Å². The second-order valence-corrected chi connectivity index (χ2v) is 8.31. The SMILES string of the molecule is CNC(=O)C1Cc2cc(OC)c(OC)cc2CN1C(=O)COc1cccc2c1ccn2CCOC. The van der Waals surface area contributed by atoms with Crippen molar-refractivity contribution in [2.45, 2.75) is 25.6 Å². The zero-order chi connectivity index (χ0) is 24.9. The van der Waals surface area contributed by atoms with Crippen LogP contribution in [0.2, 0.25) is 0 Å². The van der Waals surface area contributed by atoms with E-state index >= 15 is 0 Å². The molecule has 1 unspecified atom stereocenters. The lowest BCUT2D eigenvalue weighted by atomic mass is 9.92. The van der Waals surface area contributed by atoms with Gasteiger partial charge in [0.1, 0.15) is 11.8 Å². The number of likely N-dealkylation sites (N-methyl/N-ethyl adjacent to an activating group) is 1. The Labute approximate surface area is 204 Å². The summed E-state index contributed by atoms with van der Waals surface area (Å²) in [6, 6.07) is 10.8. The predicted molar refractivity (Wildman–Crippen MR) is 131 cm³/mol. The summed E-state index contributed by atoms with van der Waals surface area (Å²) in [7, 11) is 6.38. The van der Waals surface area contributed by atoms with Crippen molar-refractivity contribution < 1.29 is 28.5 Å². The Bertz CT molecular complexity index is 1220. The highest BCUT2D eigenvalue weighted by atomic mass is 16.5. The molecule has 186 valence electrons. The van der Waals surface area contributed by atoms with Crippen molar-refractivity contribution in [1.29, 1.82) is 0 Å². The van der Waals surface area contributed by atoms with Gasteiger partial charge in [0.05, 0.1) is 26.3 Å². The minimum atomic E-state index is -0.646. The Kier molecular flexibility index (Phi) is 7.45. The van der Waals surface area contributed by atoms with Gasteiger partial charge in [-0.2, -0.15) is 0 Å². The van der Waals surface area contributed by atoms with E-state index in [1.165, 1.54) is 0 Å². The number of aromatic nitrogens is 1. The summed E-state index contributed by atoms with van der Waals surface area (Å²) in [4.78, 5) is 27.6. The summed E-state index contributed by atoms with van der Waals surface area (Å²) in [6.45, 7) is 1.41. The molecular weight excluding hydrogens is 450 g/mol. The number of ether oxygens (including phenoxy) is 4. The number of nitrogens with zero attached hydrogens (tertiary/aromatic N) is 2. The van der Waals surface area contributed by atoms with Crippen molar-refractivity contribution >= 4 is 22.7 Å². The highest BCUT2D eigenvalue weighted by molar-refractivity contribution is 5.90. The molecule has 2 heterocycles. The van der Waals surface area contributed by atoms with Gasteiger partial charge in [0.25, 0.3) is 5.91 Å². The maximum atomic E-state index is 13.3.